The Morgan fingerprint density at radius 1 is 0.673 bits per heavy atom. The smallest absolute Gasteiger partial charge is 0.311 e. The average molecular weight is 723 g/mol. The normalized spacial score (nSPS) is 11.9. The summed E-state index contributed by atoms with van der Waals surface area (Å²) in [7, 11) is -3.63. The fourth-order valence-electron chi connectivity index (χ4n) is 6.11. The zero-order chi connectivity index (χ0) is 36.3. The summed E-state index contributed by atoms with van der Waals surface area (Å²) >= 11 is 1.59. The van der Waals surface area contributed by atoms with Crippen LogP contribution in [0.3, 0.4) is 0 Å². The van der Waals surface area contributed by atoms with Crippen LogP contribution in [0.15, 0.2) is 182 Å². The van der Waals surface area contributed by atoms with Gasteiger partial charge in [-0.2, -0.15) is 0 Å². The largest absolute Gasteiger partial charge is 0.362 e. The van der Waals surface area contributed by atoms with Gasteiger partial charge in [-0.1, -0.05) is 97.6 Å². The minimum Gasteiger partial charge on any atom is -0.311 e. The van der Waals surface area contributed by atoms with Crippen LogP contribution in [0.2, 0.25) is 0 Å². The van der Waals surface area contributed by atoms with E-state index in [1.54, 1.807) is 17.4 Å². The third-order valence-corrected chi connectivity index (χ3v) is 11.9. The average Bonchev–Trinajstić information content (AvgIpc) is 3.64. The molecule has 5 aromatic carbocycles. The molecule has 6 rings (SSSR count). The number of nitrogens with zero attached hydrogens (tertiary/aromatic N) is 2. The molecular formula is C45H43N2O3PS. The lowest BCUT2D eigenvalue weighted by molar-refractivity contribution is 0.230. The highest BCUT2D eigenvalue weighted by Gasteiger charge is 2.33. The van der Waals surface area contributed by atoms with Gasteiger partial charge in [-0.25, -0.2) is 0 Å². The molecule has 0 fully saturated rings. The molecule has 0 saturated carbocycles. The van der Waals surface area contributed by atoms with Crippen molar-refractivity contribution in [3.05, 3.63) is 182 Å². The van der Waals surface area contributed by atoms with Crippen LogP contribution < -0.4 is 15.1 Å². The zero-order valence-electron chi connectivity index (χ0n) is 29.8. The molecular weight excluding hydrogens is 680 g/mol. The zero-order valence-corrected chi connectivity index (χ0v) is 31.5. The standard InChI is InChI=1S/C45H43N2O3PS/c1-5-18-37(19-6-2)46(38-20-12-9-13-21-38)41-30-26-35(27-31-41)44-34-43(51(48,49-7-3)50-8-4)45(52-44)36-28-32-42(33-29-36)47(39-22-14-10-15-23-39)40-24-16-11-17-25-40/h5-6,9-34H,1,7-8H2,2-4H3/b19-6-,37-18+. The van der Waals surface area contributed by atoms with Crippen LogP contribution in [-0.2, 0) is 13.6 Å². The Morgan fingerprint density at radius 2 is 1.13 bits per heavy atom. The fraction of sp³-hybridized carbons (Fsp3) is 0.111. The molecule has 0 unspecified atom stereocenters. The maximum absolute atomic E-state index is 14.4. The highest BCUT2D eigenvalue weighted by atomic mass is 32.1. The van der Waals surface area contributed by atoms with Crippen LogP contribution in [0.1, 0.15) is 20.8 Å². The minimum absolute atomic E-state index is 0.265. The number of para-hydroxylation sites is 3. The number of hydrogen-bond donors (Lipinski definition) is 0. The molecule has 0 spiro atoms. The van der Waals surface area contributed by atoms with E-state index in [9.17, 15) is 4.57 Å². The Hall–Kier alpha value is -5.23. The number of rotatable bonds is 15. The van der Waals surface area contributed by atoms with Crippen LogP contribution in [0.4, 0.5) is 28.4 Å². The number of thiophene rings is 1. The predicted octanol–water partition coefficient (Wildman–Crippen LogP) is 13.2. The van der Waals surface area contributed by atoms with Crippen LogP contribution in [0.25, 0.3) is 20.9 Å². The Kier molecular flexibility index (Phi) is 12.2. The van der Waals surface area contributed by atoms with Gasteiger partial charge in [-0.3, -0.25) is 4.57 Å². The predicted molar refractivity (Wildman–Crippen MR) is 222 cm³/mol. The van der Waals surface area contributed by atoms with Crippen molar-refractivity contribution in [2.24, 2.45) is 0 Å². The lowest BCUT2D eigenvalue weighted by atomic mass is 10.1. The third-order valence-electron chi connectivity index (χ3n) is 8.33. The van der Waals surface area contributed by atoms with Crippen LogP contribution in [-0.4, -0.2) is 13.2 Å². The molecule has 6 aromatic rings. The summed E-state index contributed by atoms with van der Waals surface area (Å²) in [6.07, 6.45) is 7.90. The van der Waals surface area contributed by atoms with E-state index < -0.39 is 7.60 Å². The van der Waals surface area contributed by atoms with E-state index in [4.69, 9.17) is 9.05 Å². The summed E-state index contributed by atoms with van der Waals surface area (Å²) in [5.74, 6) is 0. The molecule has 0 N–H and O–H groups in total. The van der Waals surface area contributed by atoms with Gasteiger partial charge in [0.15, 0.2) is 0 Å². The molecule has 0 atom stereocenters. The lowest BCUT2D eigenvalue weighted by Gasteiger charge is -2.26. The van der Waals surface area contributed by atoms with Gasteiger partial charge in [0.2, 0.25) is 0 Å². The van der Waals surface area contributed by atoms with Crippen LogP contribution in [0, 0.1) is 0 Å². The second-order valence-electron chi connectivity index (χ2n) is 11.8. The molecule has 1 aromatic heterocycles. The molecule has 52 heavy (non-hydrogen) atoms. The number of anilines is 5. The maximum Gasteiger partial charge on any atom is 0.362 e. The summed E-state index contributed by atoms with van der Waals surface area (Å²) in [6, 6.07) is 49.7. The van der Waals surface area contributed by atoms with Crippen molar-refractivity contribution >= 4 is 52.7 Å². The van der Waals surface area contributed by atoms with Crippen LogP contribution in [0.5, 0.6) is 0 Å². The Morgan fingerprint density at radius 3 is 1.63 bits per heavy atom. The lowest BCUT2D eigenvalue weighted by Crippen LogP contribution is -2.15. The molecule has 0 aliphatic heterocycles. The van der Waals surface area contributed by atoms with Gasteiger partial charge >= 0.3 is 7.60 Å². The highest BCUT2D eigenvalue weighted by molar-refractivity contribution is 7.63. The SMILES string of the molecule is C=C/C=C(\C=C/C)N(c1ccccc1)c1ccc(-c2cc(P(=O)(OCC)OCC)c(-c3ccc(N(c4ccccc4)c4ccccc4)cc3)s2)cc1. The quantitative estimate of drug-likeness (QED) is 0.0780. The van der Waals surface area contributed by atoms with Crippen molar-refractivity contribution in [1.29, 1.82) is 0 Å². The van der Waals surface area contributed by atoms with Gasteiger partial charge in [0.05, 0.1) is 23.4 Å². The maximum atomic E-state index is 14.4. The van der Waals surface area contributed by atoms with Crippen molar-refractivity contribution in [3.63, 3.8) is 0 Å². The van der Waals surface area contributed by atoms with E-state index in [1.807, 2.05) is 93.6 Å². The molecule has 7 heteroatoms. The van der Waals surface area contributed by atoms with Gasteiger partial charge in [0, 0.05) is 39.0 Å². The van der Waals surface area contributed by atoms with Crippen molar-refractivity contribution in [1.82, 2.24) is 0 Å². The van der Waals surface area contributed by atoms with Gasteiger partial charge in [0.1, 0.15) is 0 Å². The molecule has 0 amide bonds. The summed E-state index contributed by atoms with van der Waals surface area (Å²) < 4.78 is 26.3. The first kappa shape index (κ1) is 36.6. The second-order valence-corrected chi connectivity index (χ2v) is 14.8. The van der Waals surface area contributed by atoms with Gasteiger partial charge < -0.3 is 18.8 Å². The fourth-order valence-corrected chi connectivity index (χ4v) is 9.43. The van der Waals surface area contributed by atoms with E-state index >= 15 is 0 Å². The third kappa shape index (κ3) is 8.12. The molecule has 0 saturated heterocycles. The highest BCUT2D eigenvalue weighted by Crippen LogP contribution is 2.52. The molecule has 0 aliphatic rings. The number of benzene rings is 5. The topological polar surface area (TPSA) is 42.0 Å². The Bertz CT molecular complexity index is 2110. The second kappa shape index (κ2) is 17.3. The van der Waals surface area contributed by atoms with Gasteiger partial charge in [-0.15, -0.1) is 11.3 Å². The summed E-state index contributed by atoms with van der Waals surface area (Å²) in [5, 5.41) is 0.575. The Balaban J connectivity index is 1.42. The number of allylic oxidation sites excluding steroid dienone is 4. The Labute approximate surface area is 312 Å². The van der Waals surface area contributed by atoms with Crippen molar-refractivity contribution in [2.45, 2.75) is 20.8 Å². The molecule has 0 radical (unpaired) electrons. The number of hydrogen-bond acceptors (Lipinski definition) is 6. The summed E-state index contributed by atoms with van der Waals surface area (Å²) in [4.78, 5) is 6.25. The van der Waals surface area contributed by atoms with E-state index in [2.05, 4.69) is 107 Å². The monoisotopic (exact) mass is 722 g/mol. The molecule has 1 heterocycles. The molecule has 262 valence electrons. The first-order valence-corrected chi connectivity index (χ1v) is 19.8. The van der Waals surface area contributed by atoms with E-state index in [0.717, 1.165) is 55.0 Å². The van der Waals surface area contributed by atoms with Crippen LogP contribution >= 0.6 is 18.9 Å². The van der Waals surface area contributed by atoms with Crippen molar-refractivity contribution in [2.75, 3.05) is 23.0 Å². The first-order chi connectivity index (χ1) is 25.5. The first-order valence-electron chi connectivity index (χ1n) is 17.4. The summed E-state index contributed by atoms with van der Waals surface area (Å²) in [5.41, 5.74) is 8.11. The minimum atomic E-state index is -3.63. The van der Waals surface area contributed by atoms with E-state index in [0.29, 0.717) is 5.30 Å². The molecule has 0 aliphatic carbocycles. The van der Waals surface area contributed by atoms with Gasteiger partial charge in [0.25, 0.3) is 0 Å². The van der Waals surface area contributed by atoms with E-state index in [1.165, 1.54) is 0 Å². The molecule has 0 bridgehead atoms. The summed E-state index contributed by atoms with van der Waals surface area (Å²) in [6.45, 7) is 10.2. The van der Waals surface area contributed by atoms with E-state index in [-0.39, 0.29) is 13.2 Å². The van der Waals surface area contributed by atoms with Crippen molar-refractivity contribution < 1.29 is 13.6 Å². The van der Waals surface area contributed by atoms with Crippen molar-refractivity contribution in [3.8, 4) is 20.9 Å². The van der Waals surface area contributed by atoms with Gasteiger partial charge in [-0.05, 0) is 111 Å². The molecule has 5 nitrogen and oxygen atoms in total.